The third kappa shape index (κ3) is 8.34. The molecule has 1 unspecified atom stereocenters. The second-order valence-corrected chi connectivity index (χ2v) is 12.3. The summed E-state index contributed by atoms with van der Waals surface area (Å²) < 4.78 is 24.3. The number of ether oxygens (including phenoxy) is 4. The third-order valence-corrected chi connectivity index (χ3v) is 9.03. The summed E-state index contributed by atoms with van der Waals surface area (Å²) in [5.74, 6) is 1.38. The van der Waals surface area contributed by atoms with Gasteiger partial charge in [0, 0.05) is 63.2 Å². The Hall–Kier alpha value is -3.01. The highest BCUT2D eigenvalue weighted by Gasteiger charge is 2.28. The summed E-state index contributed by atoms with van der Waals surface area (Å²) in [5.41, 5.74) is 4.91. The molecule has 1 saturated heterocycles. The fourth-order valence-electron chi connectivity index (χ4n) is 6.60. The van der Waals surface area contributed by atoms with Crippen LogP contribution >= 0.6 is 0 Å². The molecule has 1 aromatic carbocycles. The molecule has 1 N–H and O–H groups in total. The maximum atomic E-state index is 12.7. The van der Waals surface area contributed by atoms with Gasteiger partial charge in [-0.25, -0.2) is 0 Å². The van der Waals surface area contributed by atoms with Gasteiger partial charge in [-0.1, -0.05) is 6.07 Å². The summed E-state index contributed by atoms with van der Waals surface area (Å²) in [6.07, 6.45) is 11.2. The number of nitrogens with one attached hydrogen (secondary N) is 1. The highest BCUT2D eigenvalue weighted by molar-refractivity contribution is 6.04. The van der Waals surface area contributed by atoms with Crippen molar-refractivity contribution in [1.82, 2.24) is 9.88 Å². The molecule has 0 amide bonds. The highest BCUT2D eigenvalue weighted by atomic mass is 16.5. The van der Waals surface area contributed by atoms with Crippen molar-refractivity contribution in [2.24, 2.45) is 23.9 Å². The van der Waals surface area contributed by atoms with E-state index in [0.717, 1.165) is 99.3 Å². The summed E-state index contributed by atoms with van der Waals surface area (Å²) in [6.45, 7) is 4.64. The minimum Gasteiger partial charge on any atom is -0.492 e. The molecule has 3 heterocycles. The normalized spacial score (nSPS) is 20.3. The number of nitrogens with zero attached hydrogens (tertiary/aromatic N) is 2. The zero-order chi connectivity index (χ0) is 30.2. The molecular weight excluding hydrogens is 546 g/mol. The summed E-state index contributed by atoms with van der Waals surface area (Å²) >= 11 is 0. The fourth-order valence-corrected chi connectivity index (χ4v) is 6.60. The Labute approximate surface area is 255 Å². The molecule has 1 aromatic heterocycles. The van der Waals surface area contributed by atoms with Crippen LogP contribution in [0.25, 0.3) is 0 Å². The molecular formula is C34H47N3O6. The lowest BCUT2D eigenvalue weighted by atomic mass is 9.82. The molecule has 0 spiro atoms. The number of hydrogen-bond acceptors (Lipinski definition) is 8. The van der Waals surface area contributed by atoms with Crippen molar-refractivity contribution in [2.45, 2.75) is 76.9 Å². The van der Waals surface area contributed by atoms with E-state index in [1.54, 1.807) is 11.7 Å². The predicted octanol–water partition coefficient (Wildman–Crippen LogP) is 4.66. The summed E-state index contributed by atoms with van der Waals surface area (Å²) in [7, 11) is 3.39. The Morgan fingerprint density at radius 2 is 1.93 bits per heavy atom. The van der Waals surface area contributed by atoms with Gasteiger partial charge in [-0.05, 0) is 88.3 Å². The van der Waals surface area contributed by atoms with Crippen LogP contribution in [-0.4, -0.2) is 68.5 Å². The first-order chi connectivity index (χ1) is 20.9. The van der Waals surface area contributed by atoms with Crippen LogP contribution in [0, 0.1) is 18.8 Å². The highest BCUT2D eigenvalue weighted by Crippen LogP contribution is 2.36. The first kappa shape index (κ1) is 31.4. The van der Waals surface area contributed by atoms with E-state index in [1.807, 2.05) is 38.4 Å². The van der Waals surface area contributed by atoms with Crippen molar-refractivity contribution < 1.29 is 23.7 Å². The van der Waals surface area contributed by atoms with Crippen LogP contribution in [0.3, 0.4) is 0 Å². The van der Waals surface area contributed by atoms with Crippen LogP contribution < -0.4 is 15.6 Å². The summed E-state index contributed by atoms with van der Waals surface area (Å²) in [5, 5.41) is 3.24. The average molecular weight is 594 g/mol. The lowest BCUT2D eigenvalue weighted by Crippen LogP contribution is -2.44. The number of aryl methyl sites for hydroxylation is 3. The quantitative estimate of drug-likeness (QED) is 0.282. The number of aromatic nitrogens is 1. The van der Waals surface area contributed by atoms with E-state index >= 15 is 0 Å². The molecule has 0 radical (unpaired) electrons. The van der Waals surface area contributed by atoms with Gasteiger partial charge in [-0.3, -0.25) is 19.9 Å². The van der Waals surface area contributed by atoms with Gasteiger partial charge in [0.1, 0.15) is 24.5 Å². The lowest BCUT2D eigenvalue weighted by Gasteiger charge is -2.27. The standard InChI is InChI=1S/C34H47N3O6/c1-23-18-27(21-37(2)33(23)38)32-26(19-24-12-15-41-16-13-24)9-8-25-10-11-29(20-30(25)36-32)42-17-14-35-31(22-40-3)34(39)43-28-6-4-5-7-28/h10-11,18,20-21,24,26,28,31,35H,4-9,12-17,19,22H2,1-3H3/t26?,31-/m0/s1. The molecule has 2 fully saturated rings. The SMILES string of the molecule is COC[C@H](NCCOc1ccc2c(c1)N=C(c1cc(C)c(=O)n(C)c1)C(CC1CCOCC1)CC2)C(=O)OC1CCCC1. The number of hydrogen-bond donors (Lipinski definition) is 1. The van der Waals surface area contributed by atoms with Crippen molar-refractivity contribution in [3.63, 3.8) is 0 Å². The Bertz CT molecular complexity index is 1300. The van der Waals surface area contributed by atoms with Gasteiger partial charge in [0.15, 0.2) is 0 Å². The van der Waals surface area contributed by atoms with E-state index in [1.165, 1.54) is 5.56 Å². The summed E-state index contributed by atoms with van der Waals surface area (Å²) in [6, 6.07) is 7.61. The van der Waals surface area contributed by atoms with Gasteiger partial charge >= 0.3 is 5.97 Å². The van der Waals surface area contributed by atoms with E-state index in [-0.39, 0.29) is 24.2 Å². The fraction of sp³-hybridized carbons (Fsp3) is 0.618. The molecule has 2 aromatic rings. The van der Waals surface area contributed by atoms with Gasteiger partial charge in [0.25, 0.3) is 5.56 Å². The molecule has 43 heavy (non-hydrogen) atoms. The van der Waals surface area contributed by atoms with E-state index in [2.05, 4.69) is 11.4 Å². The van der Waals surface area contributed by atoms with E-state index in [9.17, 15) is 9.59 Å². The van der Waals surface area contributed by atoms with E-state index in [4.69, 9.17) is 23.9 Å². The molecule has 234 valence electrons. The number of carbonyl (C=O) groups excluding carboxylic acids is 1. The molecule has 9 nitrogen and oxygen atoms in total. The van der Waals surface area contributed by atoms with Crippen molar-refractivity contribution in [1.29, 1.82) is 0 Å². The van der Waals surface area contributed by atoms with Gasteiger partial charge in [-0.15, -0.1) is 0 Å². The van der Waals surface area contributed by atoms with Crippen LogP contribution in [0.15, 0.2) is 40.2 Å². The molecule has 5 rings (SSSR count). The Balaban J connectivity index is 1.29. The van der Waals surface area contributed by atoms with Gasteiger partial charge in [0.05, 0.1) is 18.0 Å². The van der Waals surface area contributed by atoms with Crippen LogP contribution in [-0.2, 0) is 32.5 Å². The first-order valence-electron chi connectivity index (χ1n) is 15.9. The number of aliphatic imine (C=N–C) groups is 1. The number of rotatable bonds is 12. The molecule has 3 aliphatic rings. The number of fused-ring (bicyclic) bond motifs is 1. The third-order valence-electron chi connectivity index (χ3n) is 9.03. The first-order valence-corrected chi connectivity index (χ1v) is 15.9. The second kappa shape index (κ2) is 15.1. The van der Waals surface area contributed by atoms with Gasteiger partial charge in [0.2, 0.25) is 0 Å². The minimum atomic E-state index is -0.522. The molecule has 2 atom stereocenters. The maximum Gasteiger partial charge on any atom is 0.325 e. The predicted molar refractivity (Wildman–Crippen MR) is 167 cm³/mol. The minimum absolute atomic E-state index is 0.0168. The average Bonchev–Trinajstić information content (AvgIpc) is 3.45. The zero-order valence-electron chi connectivity index (χ0n) is 25.9. The molecule has 1 aliphatic carbocycles. The topological polar surface area (TPSA) is 100 Å². The second-order valence-electron chi connectivity index (χ2n) is 12.3. The largest absolute Gasteiger partial charge is 0.492 e. The zero-order valence-corrected chi connectivity index (χ0v) is 25.9. The van der Waals surface area contributed by atoms with Crippen LogP contribution in [0.4, 0.5) is 5.69 Å². The van der Waals surface area contributed by atoms with Crippen molar-refractivity contribution >= 4 is 17.4 Å². The number of methoxy groups -OCH3 is 1. The van der Waals surface area contributed by atoms with Crippen LogP contribution in [0.1, 0.15) is 68.1 Å². The van der Waals surface area contributed by atoms with Gasteiger partial charge in [-0.2, -0.15) is 0 Å². The molecule has 2 aliphatic heterocycles. The maximum absolute atomic E-state index is 12.7. The Morgan fingerprint density at radius 3 is 2.67 bits per heavy atom. The number of carbonyl (C=O) groups is 1. The van der Waals surface area contributed by atoms with Crippen molar-refractivity contribution in [3.8, 4) is 5.75 Å². The van der Waals surface area contributed by atoms with Crippen LogP contribution in [0.2, 0.25) is 0 Å². The van der Waals surface area contributed by atoms with Crippen molar-refractivity contribution in [3.05, 3.63) is 57.5 Å². The monoisotopic (exact) mass is 593 g/mol. The smallest absolute Gasteiger partial charge is 0.325 e. The van der Waals surface area contributed by atoms with E-state index in [0.29, 0.717) is 25.0 Å². The van der Waals surface area contributed by atoms with E-state index < -0.39 is 6.04 Å². The van der Waals surface area contributed by atoms with Gasteiger partial charge < -0.3 is 23.5 Å². The number of esters is 1. The molecule has 9 heteroatoms. The number of pyridine rings is 1. The van der Waals surface area contributed by atoms with Crippen molar-refractivity contribution in [2.75, 3.05) is 40.1 Å². The molecule has 0 bridgehead atoms. The summed E-state index contributed by atoms with van der Waals surface area (Å²) in [4.78, 5) is 30.4. The number of benzene rings is 1. The molecule has 1 saturated carbocycles. The lowest BCUT2D eigenvalue weighted by molar-refractivity contribution is -0.152. The Kier molecular flexibility index (Phi) is 11.1. The van der Waals surface area contributed by atoms with Crippen LogP contribution in [0.5, 0.6) is 5.75 Å². The Morgan fingerprint density at radius 1 is 1.14 bits per heavy atom.